The van der Waals surface area contributed by atoms with E-state index >= 15 is 0 Å². The lowest BCUT2D eigenvalue weighted by Gasteiger charge is -2.34. The Labute approximate surface area is 122 Å². The average molecular weight is 322 g/mol. The van der Waals surface area contributed by atoms with Gasteiger partial charge in [0, 0.05) is 13.1 Å². The van der Waals surface area contributed by atoms with Gasteiger partial charge in [0.25, 0.3) is 0 Å². The molecule has 0 N–H and O–H groups in total. The van der Waals surface area contributed by atoms with Crippen molar-refractivity contribution in [1.29, 1.82) is 0 Å². The Morgan fingerprint density at radius 3 is 2.90 bits per heavy atom. The molecule has 2 aromatic heterocycles. The van der Waals surface area contributed by atoms with Crippen LogP contribution in [0.4, 0.5) is 19.0 Å². The largest absolute Gasteiger partial charge is 0.393 e. The van der Waals surface area contributed by atoms with E-state index in [0.29, 0.717) is 23.6 Å². The molecule has 1 aliphatic heterocycles. The van der Waals surface area contributed by atoms with Crippen molar-refractivity contribution < 1.29 is 13.2 Å². The minimum absolute atomic E-state index is 0.0677. The standard InChI is InChI=1S/C12H11ClF3N3S/c13-11-17-9(8-3-5-20-10(8)18-11)19-4-1-2-7(6-19)12(14,15)16/h3,5,7H,1-2,4,6H2. The number of alkyl halides is 3. The molecule has 1 fully saturated rings. The van der Waals surface area contributed by atoms with Gasteiger partial charge in [0.1, 0.15) is 10.6 Å². The van der Waals surface area contributed by atoms with Crippen molar-refractivity contribution in [3.05, 3.63) is 16.7 Å². The molecule has 0 aliphatic carbocycles. The van der Waals surface area contributed by atoms with Crippen molar-refractivity contribution >= 4 is 39.0 Å². The van der Waals surface area contributed by atoms with Crippen LogP contribution in [0.5, 0.6) is 0 Å². The summed E-state index contributed by atoms with van der Waals surface area (Å²) in [5.41, 5.74) is 0. The molecule has 0 radical (unpaired) electrons. The molecule has 1 atom stereocenters. The number of rotatable bonds is 1. The molecule has 0 spiro atoms. The van der Waals surface area contributed by atoms with Crippen molar-refractivity contribution in [2.75, 3.05) is 18.0 Å². The Morgan fingerprint density at radius 2 is 2.15 bits per heavy atom. The van der Waals surface area contributed by atoms with Crippen LogP contribution in [0, 0.1) is 5.92 Å². The fourth-order valence-corrected chi connectivity index (χ4v) is 3.47. The Kier molecular flexibility index (Phi) is 3.50. The van der Waals surface area contributed by atoms with Gasteiger partial charge in [-0.3, -0.25) is 0 Å². The smallest absolute Gasteiger partial charge is 0.355 e. The van der Waals surface area contributed by atoms with E-state index in [2.05, 4.69) is 9.97 Å². The first-order valence-corrected chi connectivity index (χ1v) is 7.43. The zero-order chi connectivity index (χ0) is 14.3. The van der Waals surface area contributed by atoms with Gasteiger partial charge < -0.3 is 4.90 Å². The van der Waals surface area contributed by atoms with Gasteiger partial charge in [-0.05, 0) is 35.9 Å². The predicted molar refractivity (Wildman–Crippen MR) is 73.4 cm³/mol. The summed E-state index contributed by atoms with van der Waals surface area (Å²) in [6, 6.07) is 1.82. The molecule has 1 saturated heterocycles. The third kappa shape index (κ3) is 2.56. The van der Waals surface area contributed by atoms with Crippen molar-refractivity contribution in [2.24, 2.45) is 5.92 Å². The highest BCUT2D eigenvalue weighted by molar-refractivity contribution is 7.16. The SMILES string of the molecule is FC(F)(F)C1CCCN(c2nc(Cl)nc3sccc23)C1. The number of hydrogen-bond acceptors (Lipinski definition) is 4. The molecule has 1 aliphatic rings. The van der Waals surface area contributed by atoms with Gasteiger partial charge in [-0.15, -0.1) is 11.3 Å². The molecule has 3 nitrogen and oxygen atoms in total. The minimum Gasteiger partial charge on any atom is -0.355 e. The van der Waals surface area contributed by atoms with Crippen molar-refractivity contribution in [2.45, 2.75) is 19.0 Å². The van der Waals surface area contributed by atoms with Crippen molar-refractivity contribution in [3.63, 3.8) is 0 Å². The van der Waals surface area contributed by atoms with Crippen LogP contribution in [0.15, 0.2) is 11.4 Å². The molecular weight excluding hydrogens is 311 g/mol. The Morgan fingerprint density at radius 1 is 1.35 bits per heavy atom. The summed E-state index contributed by atoms with van der Waals surface area (Å²) in [6.07, 6.45) is -3.49. The van der Waals surface area contributed by atoms with Crippen LogP contribution in [0.2, 0.25) is 5.28 Å². The summed E-state index contributed by atoms with van der Waals surface area (Å²) in [7, 11) is 0. The topological polar surface area (TPSA) is 29.0 Å². The van der Waals surface area contributed by atoms with E-state index in [0.717, 1.165) is 5.39 Å². The maximum absolute atomic E-state index is 12.9. The maximum Gasteiger partial charge on any atom is 0.393 e. The second-order valence-corrected chi connectivity index (χ2v) is 6.02. The van der Waals surface area contributed by atoms with E-state index < -0.39 is 12.1 Å². The first kappa shape index (κ1) is 13.9. The van der Waals surface area contributed by atoms with Crippen LogP contribution in [0.3, 0.4) is 0 Å². The summed E-state index contributed by atoms with van der Waals surface area (Å²) < 4.78 is 38.6. The maximum atomic E-state index is 12.9. The number of halogens is 4. The summed E-state index contributed by atoms with van der Waals surface area (Å²) in [5, 5.41) is 2.68. The number of anilines is 1. The molecule has 3 rings (SSSR count). The van der Waals surface area contributed by atoms with E-state index in [4.69, 9.17) is 11.6 Å². The first-order valence-electron chi connectivity index (χ1n) is 6.17. The van der Waals surface area contributed by atoms with Gasteiger partial charge >= 0.3 is 6.18 Å². The van der Waals surface area contributed by atoms with E-state index in [9.17, 15) is 13.2 Å². The van der Waals surface area contributed by atoms with E-state index in [1.807, 2.05) is 11.4 Å². The second kappa shape index (κ2) is 5.04. The minimum atomic E-state index is -4.16. The number of fused-ring (bicyclic) bond motifs is 1. The lowest BCUT2D eigenvalue weighted by atomic mass is 9.97. The lowest BCUT2D eigenvalue weighted by molar-refractivity contribution is -0.176. The van der Waals surface area contributed by atoms with Crippen LogP contribution in [-0.2, 0) is 0 Å². The van der Waals surface area contributed by atoms with Gasteiger partial charge in [0.05, 0.1) is 11.3 Å². The second-order valence-electron chi connectivity index (χ2n) is 4.78. The third-order valence-corrected chi connectivity index (χ3v) is 4.44. The highest BCUT2D eigenvalue weighted by atomic mass is 35.5. The molecule has 0 bridgehead atoms. The summed E-state index contributed by atoms with van der Waals surface area (Å²) in [6.45, 7) is 0.493. The molecule has 2 aromatic rings. The van der Waals surface area contributed by atoms with Crippen LogP contribution in [0.25, 0.3) is 10.2 Å². The fraction of sp³-hybridized carbons (Fsp3) is 0.500. The number of aromatic nitrogens is 2. The van der Waals surface area contributed by atoms with Gasteiger partial charge in [-0.25, -0.2) is 4.98 Å². The van der Waals surface area contributed by atoms with Gasteiger partial charge in [-0.2, -0.15) is 18.2 Å². The van der Waals surface area contributed by atoms with Gasteiger partial charge in [-0.1, -0.05) is 0 Å². The lowest BCUT2D eigenvalue weighted by Crippen LogP contribution is -2.42. The normalized spacial score (nSPS) is 20.6. The van der Waals surface area contributed by atoms with Crippen molar-refractivity contribution in [1.82, 2.24) is 9.97 Å². The molecular formula is C12H11ClF3N3S. The summed E-state index contributed by atoms with van der Waals surface area (Å²) in [4.78, 5) is 10.6. The molecule has 1 unspecified atom stereocenters. The summed E-state index contributed by atoms with van der Waals surface area (Å²) >= 11 is 7.26. The summed E-state index contributed by atoms with van der Waals surface area (Å²) in [5.74, 6) is -0.797. The third-order valence-electron chi connectivity index (χ3n) is 3.46. The van der Waals surface area contributed by atoms with Crippen LogP contribution < -0.4 is 4.90 Å². The van der Waals surface area contributed by atoms with E-state index in [1.165, 1.54) is 11.3 Å². The van der Waals surface area contributed by atoms with Crippen LogP contribution >= 0.6 is 22.9 Å². The molecule has 108 valence electrons. The predicted octanol–water partition coefficient (Wildman–Crippen LogP) is 4.12. The molecule has 0 aromatic carbocycles. The van der Waals surface area contributed by atoms with E-state index in [-0.39, 0.29) is 18.2 Å². The zero-order valence-electron chi connectivity index (χ0n) is 10.3. The first-order chi connectivity index (χ1) is 9.45. The number of hydrogen-bond donors (Lipinski definition) is 0. The Bertz CT molecular complexity index is 628. The monoisotopic (exact) mass is 321 g/mol. The number of thiophene rings is 1. The Balaban J connectivity index is 1.96. The van der Waals surface area contributed by atoms with Crippen LogP contribution in [0.1, 0.15) is 12.8 Å². The fourth-order valence-electron chi connectivity index (χ4n) is 2.49. The quantitative estimate of drug-likeness (QED) is 0.740. The number of nitrogens with zero attached hydrogens (tertiary/aromatic N) is 3. The number of piperidine rings is 1. The average Bonchev–Trinajstić information content (AvgIpc) is 2.85. The molecule has 3 heterocycles. The highest BCUT2D eigenvalue weighted by Crippen LogP contribution is 2.36. The molecule has 0 amide bonds. The molecule has 8 heteroatoms. The molecule has 0 saturated carbocycles. The van der Waals surface area contributed by atoms with E-state index in [1.54, 1.807) is 4.90 Å². The molecule has 20 heavy (non-hydrogen) atoms. The van der Waals surface area contributed by atoms with Crippen LogP contribution in [-0.4, -0.2) is 29.2 Å². The van der Waals surface area contributed by atoms with Crippen molar-refractivity contribution in [3.8, 4) is 0 Å². The zero-order valence-corrected chi connectivity index (χ0v) is 11.9. The van der Waals surface area contributed by atoms with Gasteiger partial charge in [0.2, 0.25) is 5.28 Å². The Hall–Kier alpha value is -1.08. The van der Waals surface area contributed by atoms with Gasteiger partial charge in [0.15, 0.2) is 0 Å². The highest BCUT2D eigenvalue weighted by Gasteiger charge is 2.42.